The highest BCUT2D eigenvalue weighted by Gasteiger charge is 2.08. The van der Waals surface area contributed by atoms with E-state index in [1.165, 1.54) is 0 Å². The van der Waals surface area contributed by atoms with Gasteiger partial charge in [-0.15, -0.1) is 0 Å². The maximum Gasteiger partial charge on any atom is 0.125 e. The highest BCUT2D eigenvalue weighted by Crippen LogP contribution is 2.25. The monoisotopic (exact) mass is 332 g/mol. The predicted octanol–water partition coefficient (Wildman–Crippen LogP) is 3.93. The minimum absolute atomic E-state index is 0.0793. The summed E-state index contributed by atoms with van der Waals surface area (Å²) in [4.78, 5) is 0. The minimum atomic E-state index is 0.0793. The average Bonchev–Trinajstić information content (AvgIpc) is 2.39. The summed E-state index contributed by atoms with van der Waals surface area (Å²) >= 11 is 3.41. The first kappa shape index (κ1) is 14.6. The van der Waals surface area contributed by atoms with Gasteiger partial charge in [-0.05, 0) is 54.8 Å². The summed E-state index contributed by atoms with van der Waals surface area (Å²) in [6, 6.07) is 11.8. The van der Waals surface area contributed by atoms with Gasteiger partial charge in [0.2, 0.25) is 0 Å². The van der Waals surface area contributed by atoms with E-state index in [2.05, 4.69) is 15.9 Å². The molecular formula is C16H17BrN2O. The minimum Gasteiger partial charge on any atom is -0.488 e. The number of halogens is 1. The maximum absolute atomic E-state index is 7.49. The van der Waals surface area contributed by atoms with Crippen molar-refractivity contribution < 1.29 is 4.74 Å². The molecule has 0 aliphatic rings. The maximum atomic E-state index is 7.49. The summed E-state index contributed by atoms with van der Waals surface area (Å²) in [6.07, 6.45) is 0. The molecule has 104 valence electrons. The molecule has 0 saturated heterocycles. The third kappa shape index (κ3) is 3.39. The summed E-state index contributed by atoms with van der Waals surface area (Å²) in [5, 5.41) is 7.49. The van der Waals surface area contributed by atoms with Crippen molar-refractivity contribution in [2.45, 2.75) is 20.5 Å². The Morgan fingerprint density at radius 3 is 2.20 bits per heavy atom. The molecule has 0 atom stereocenters. The Morgan fingerprint density at radius 1 is 1.15 bits per heavy atom. The summed E-state index contributed by atoms with van der Waals surface area (Å²) in [6.45, 7) is 4.46. The van der Waals surface area contributed by atoms with Gasteiger partial charge < -0.3 is 10.5 Å². The van der Waals surface area contributed by atoms with E-state index in [1.807, 2.05) is 50.2 Å². The van der Waals surface area contributed by atoms with E-state index >= 15 is 0 Å². The van der Waals surface area contributed by atoms with E-state index in [4.69, 9.17) is 15.9 Å². The first-order valence-corrected chi connectivity index (χ1v) is 7.09. The quantitative estimate of drug-likeness (QED) is 0.658. The molecule has 0 aliphatic carbocycles. The molecule has 2 aromatic rings. The van der Waals surface area contributed by atoms with Crippen molar-refractivity contribution >= 4 is 21.8 Å². The van der Waals surface area contributed by atoms with Gasteiger partial charge in [0.1, 0.15) is 18.2 Å². The van der Waals surface area contributed by atoms with E-state index in [-0.39, 0.29) is 5.84 Å². The predicted molar refractivity (Wildman–Crippen MR) is 85.4 cm³/mol. The first-order valence-electron chi connectivity index (χ1n) is 6.30. The zero-order valence-electron chi connectivity index (χ0n) is 11.5. The number of aryl methyl sites for hydroxylation is 2. The third-order valence-electron chi connectivity index (χ3n) is 3.07. The van der Waals surface area contributed by atoms with Crippen molar-refractivity contribution in [3.8, 4) is 5.75 Å². The first-order chi connectivity index (χ1) is 9.47. The van der Waals surface area contributed by atoms with Gasteiger partial charge in [0.15, 0.2) is 0 Å². The average molecular weight is 333 g/mol. The number of hydrogen-bond acceptors (Lipinski definition) is 2. The summed E-state index contributed by atoms with van der Waals surface area (Å²) in [5.41, 5.74) is 9.35. The second-order valence-corrected chi connectivity index (χ2v) is 5.68. The highest BCUT2D eigenvalue weighted by atomic mass is 79.9. The lowest BCUT2D eigenvalue weighted by molar-refractivity contribution is 0.302. The molecule has 2 aromatic carbocycles. The van der Waals surface area contributed by atoms with E-state index in [0.717, 1.165) is 32.5 Å². The van der Waals surface area contributed by atoms with Crippen LogP contribution in [0.1, 0.15) is 22.3 Å². The summed E-state index contributed by atoms with van der Waals surface area (Å²) in [5.74, 6) is 0.938. The van der Waals surface area contributed by atoms with Crippen LogP contribution in [0.3, 0.4) is 0 Å². The van der Waals surface area contributed by atoms with Crippen molar-refractivity contribution in [2.75, 3.05) is 0 Å². The fourth-order valence-electron chi connectivity index (χ4n) is 2.07. The van der Waals surface area contributed by atoms with Crippen LogP contribution in [-0.2, 0) is 6.61 Å². The Labute approximate surface area is 127 Å². The molecule has 0 aliphatic heterocycles. The zero-order chi connectivity index (χ0) is 14.7. The molecule has 2 rings (SSSR count). The molecule has 0 spiro atoms. The highest BCUT2D eigenvalue weighted by molar-refractivity contribution is 9.10. The van der Waals surface area contributed by atoms with Gasteiger partial charge in [-0.3, -0.25) is 5.41 Å². The van der Waals surface area contributed by atoms with Crippen molar-refractivity contribution in [1.82, 2.24) is 0 Å². The van der Waals surface area contributed by atoms with Gasteiger partial charge in [0.25, 0.3) is 0 Å². The number of ether oxygens (including phenoxy) is 1. The van der Waals surface area contributed by atoms with Crippen LogP contribution in [-0.4, -0.2) is 5.84 Å². The lowest BCUT2D eigenvalue weighted by atomic mass is 10.1. The van der Waals surface area contributed by atoms with Crippen LogP contribution in [0.25, 0.3) is 0 Å². The molecular weight excluding hydrogens is 316 g/mol. The summed E-state index contributed by atoms with van der Waals surface area (Å²) in [7, 11) is 0. The fraction of sp³-hybridized carbons (Fsp3) is 0.188. The van der Waals surface area contributed by atoms with Crippen LogP contribution in [0.5, 0.6) is 5.75 Å². The summed E-state index contributed by atoms with van der Waals surface area (Å²) < 4.78 is 6.96. The van der Waals surface area contributed by atoms with Crippen molar-refractivity contribution in [3.05, 3.63) is 63.1 Å². The molecule has 20 heavy (non-hydrogen) atoms. The van der Waals surface area contributed by atoms with Crippen LogP contribution in [0.2, 0.25) is 0 Å². The van der Waals surface area contributed by atoms with Gasteiger partial charge in [-0.25, -0.2) is 0 Å². The number of benzene rings is 2. The Balaban J connectivity index is 2.17. The fourth-order valence-corrected chi connectivity index (χ4v) is 2.33. The van der Waals surface area contributed by atoms with Crippen LogP contribution >= 0.6 is 15.9 Å². The molecule has 0 aromatic heterocycles. The van der Waals surface area contributed by atoms with Gasteiger partial charge in [0.05, 0.1) is 0 Å². The molecule has 3 nitrogen and oxygen atoms in total. The normalized spacial score (nSPS) is 10.3. The number of nitrogens with two attached hydrogens (primary N) is 1. The van der Waals surface area contributed by atoms with Gasteiger partial charge >= 0.3 is 0 Å². The standard InChI is InChI=1S/C16H17BrN2O/c1-10-7-13(16(18)19)8-11(2)15(10)20-9-12-3-5-14(17)6-4-12/h3-8H,9H2,1-2H3,(H3,18,19). The third-order valence-corrected chi connectivity index (χ3v) is 3.60. The molecule has 3 N–H and O–H groups in total. The van der Waals surface area contributed by atoms with Crippen LogP contribution in [0, 0.1) is 19.3 Å². The lowest BCUT2D eigenvalue weighted by Crippen LogP contribution is -2.12. The van der Waals surface area contributed by atoms with Gasteiger partial charge in [-0.1, -0.05) is 28.1 Å². The van der Waals surface area contributed by atoms with Gasteiger partial charge in [0, 0.05) is 10.0 Å². The molecule has 0 fully saturated rings. The lowest BCUT2D eigenvalue weighted by Gasteiger charge is -2.14. The SMILES string of the molecule is Cc1cc(C(=N)N)cc(C)c1OCc1ccc(Br)cc1. The van der Waals surface area contributed by atoms with Crippen molar-refractivity contribution in [2.24, 2.45) is 5.73 Å². The zero-order valence-corrected chi connectivity index (χ0v) is 13.1. The van der Waals surface area contributed by atoms with E-state index in [9.17, 15) is 0 Å². The molecule has 0 saturated carbocycles. The number of amidine groups is 1. The second kappa shape index (κ2) is 6.09. The molecule has 0 amide bonds. The Morgan fingerprint density at radius 2 is 1.70 bits per heavy atom. The number of hydrogen-bond donors (Lipinski definition) is 2. The number of nitrogen functional groups attached to an aromatic ring is 1. The van der Waals surface area contributed by atoms with E-state index in [0.29, 0.717) is 6.61 Å². The van der Waals surface area contributed by atoms with E-state index < -0.39 is 0 Å². The second-order valence-electron chi connectivity index (χ2n) is 4.77. The molecule has 0 heterocycles. The molecule has 0 unspecified atom stereocenters. The van der Waals surface area contributed by atoms with Gasteiger partial charge in [-0.2, -0.15) is 0 Å². The Bertz CT molecular complexity index is 612. The Hall–Kier alpha value is -1.81. The number of rotatable bonds is 4. The molecule has 0 bridgehead atoms. The van der Waals surface area contributed by atoms with E-state index in [1.54, 1.807) is 0 Å². The molecule has 0 radical (unpaired) electrons. The molecule has 4 heteroatoms. The van der Waals surface area contributed by atoms with Crippen LogP contribution < -0.4 is 10.5 Å². The van der Waals surface area contributed by atoms with Crippen molar-refractivity contribution in [3.63, 3.8) is 0 Å². The van der Waals surface area contributed by atoms with Crippen molar-refractivity contribution in [1.29, 1.82) is 5.41 Å². The largest absolute Gasteiger partial charge is 0.488 e. The smallest absolute Gasteiger partial charge is 0.125 e. The number of nitrogens with one attached hydrogen (secondary N) is 1. The van der Waals surface area contributed by atoms with Crippen LogP contribution in [0.15, 0.2) is 40.9 Å². The Kier molecular flexibility index (Phi) is 4.45. The topological polar surface area (TPSA) is 59.1 Å². The van der Waals surface area contributed by atoms with Crippen LogP contribution in [0.4, 0.5) is 0 Å².